The lowest BCUT2D eigenvalue weighted by Gasteiger charge is -2.23. The summed E-state index contributed by atoms with van der Waals surface area (Å²) in [7, 11) is 0. The summed E-state index contributed by atoms with van der Waals surface area (Å²) in [6, 6.07) is 1.74. The van der Waals surface area contributed by atoms with Crippen LogP contribution in [0.5, 0.6) is 0 Å². The van der Waals surface area contributed by atoms with Crippen molar-refractivity contribution in [2.45, 2.75) is 44.4 Å². The van der Waals surface area contributed by atoms with Crippen molar-refractivity contribution in [2.24, 2.45) is 5.92 Å². The average Bonchev–Trinajstić information content (AvgIpc) is 2.84. The smallest absolute Gasteiger partial charge is 0.339 e. The summed E-state index contributed by atoms with van der Waals surface area (Å²) in [6.07, 6.45) is 6.81. The summed E-state index contributed by atoms with van der Waals surface area (Å²) in [4.78, 5) is 11.1. The molecule has 3 heteroatoms. The number of carboxylic acid groups (broad SMARTS) is 1. The van der Waals surface area contributed by atoms with Crippen LogP contribution in [0.3, 0.4) is 0 Å². The highest BCUT2D eigenvalue weighted by Crippen LogP contribution is 2.41. The molecule has 0 spiro atoms. The third kappa shape index (κ3) is 1.75. The maximum atomic E-state index is 11.1. The molecule has 0 bridgehead atoms. The molecule has 1 aromatic heterocycles. The summed E-state index contributed by atoms with van der Waals surface area (Å²) in [5.41, 5.74) is 0.403. The topological polar surface area (TPSA) is 50.4 Å². The molecule has 2 aliphatic carbocycles. The van der Waals surface area contributed by atoms with Crippen molar-refractivity contribution in [3.8, 4) is 0 Å². The first-order chi connectivity index (χ1) is 7.74. The molecule has 0 unspecified atom stereocenters. The molecule has 1 heterocycles. The highest BCUT2D eigenvalue weighted by atomic mass is 16.4. The molecule has 0 aromatic carbocycles. The second kappa shape index (κ2) is 3.65. The minimum atomic E-state index is -0.840. The lowest BCUT2D eigenvalue weighted by atomic mass is 9.82. The minimum Gasteiger partial charge on any atom is -0.478 e. The number of hydrogen-bond donors (Lipinski definition) is 1. The van der Waals surface area contributed by atoms with E-state index in [0.717, 1.165) is 36.7 Å². The molecule has 0 amide bonds. The third-order valence-corrected chi connectivity index (χ3v) is 3.70. The molecule has 1 aromatic rings. The van der Waals surface area contributed by atoms with Gasteiger partial charge in [0.05, 0.1) is 0 Å². The second-order valence-electron chi connectivity index (χ2n) is 5.07. The predicted octanol–water partition coefficient (Wildman–Crippen LogP) is 3.20. The molecule has 0 saturated heterocycles. The largest absolute Gasteiger partial charge is 0.478 e. The summed E-state index contributed by atoms with van der Waals surface area (Å²) in [5.74, 6) is 1.87. The van der Waals surface area contributed by atoms with E-state index < -0.39 is 5.97 Å². The standard InChI is InChI=1S/C13H16O3/c14-13(15)11-7-10(6-8-4-5-8)16-12(11)9-2-1-3-9/h7-9H,1-6H2,(H,14,15). The van der Waals surface area contributed by atoms with Gasteiger partial charge in [-0.3, -0.25) is 0 Å². The van der Waals surface area contributed by atoms with Crippen molar-refractivity contribution >= 4 is 5.97 Å². The fraction of sp³-hybridized carbons (Fsp3) is 0.615. The van der Waals surface area contributed by atoms with E-state index >= 15 is 0 Å². The van der Waals surface area contributed by atoms with Gasteiger partial charge in [0.15, 0.2) is 0 Å². The van der Waals surface area contributed by atoms with E-state index in [0.29, 0.717) is 11.5 Å². The van der Waals surface area contributed by atoms with Gasteiger partial charge in [-0.15, -0.1) is 0 Å². The normalized spacial score (nSPS) is 20.8. The molecule has 2 aliphatic rings. The van der Waals surface area contributed by atoms with E-state index in [1.165, 1.54) is 19.3 Å². The second-order valence-corrected chi connectivity index (χ2v) is 5.07. The Morgan fingerprint density at radius 1 is 1.38 bits per heavy atom. The van der Waals surface area contributed by atoms with Crippen molar-refractivity contribution < 1.29 is 14.3 Å². The fourth-order valence-electron chi connectivity index (χ4n) is 2.31. The van der Waals surface area contributed by atoms with Crippen LogP contribution in [0.2, 0.25) is 0 Å². The van der Waals surface area contributed by atoms with Crippen molar-refractivity contribution in [1.82, 2.24) is 0 Å². The van der Waals surface area contributed by atoms with Crippen molar-refractivity contribution in [2.75, 3.05) is 0 Å². The minimum absolute atomic E-state index is 0.360. The monoisotopic (exact) mass is 220 g/mol. The lowest BCUT2D eigenvalue weighted by molar-refractivity contribution is 0.0692. The molecule has 3 nitrogen and oxygen atoms in total. The highest BCUT2D eigenvalue weighted by molar-refractivity contribution is 5.89. The quantitative estimate of drug-likeness (QED) is 0.847. The molecule has 2 saturated carbocycles. The zero-order valence-electron chi connectivity index (χ0n) is 9.24. The van der Waals surface area contributed by atoms with E-state index in [4.69, 9.17) is 9.52 Å². The Hall–Kier alpha value is -1.25. The zero-order chi connectivity index (χ0) is 11.1. The van der Waals surface area contributed by atoms with Crippen molar-refractivity contribution in [3.05, 3.63) is 23.2 Å². The first kappa shape index (κ1) is 9.94. The van der Waals surface area contributed by atoms with Crippen LogP contribution in [0.1, 0.15) is 59.9 Å². The number of furan rings is 1. The van der Waals surface area contributed by atoms with Crippen LogP contribution in [-0.4, -0.2) is 11.1 Å². The molecule has 86 valence electrons. The van der Waals surface area contributed by atoms with Crippen LogP contribution in [0.4, 0.5) is 0 Å². The van der Waals surface area contributed by atoms with Crippen LogP contribution >= 0.6 is 0 Å². The lowest BCUT2D eigenvalue weighted by Crippen LogP contribution is -2.11. The number of rotatable bonds is 4. The Labute approximate surface area is 94.5 Å². The zero-order valence-corrected chi connectivity index (χ0v) is 9.24. The SMILES string of the molecule is O=C(O)c1cc(CC2CC2)oc1C1CCC1. The molecule has 0 radical (unpaired) electrons. The van der Waals surface area contributed by atoms with Crippen LogP contribution in [0, 0.1) is 5.92 Å². The van der Waals surface area contributed by atoms with Crippen molar-refractivity contribution in [3.63, 3.8) is 0 Å². The Morgan fingerprint density at radius 2 is 2.12 bits per heavy atom. The van der Waals surface area contributed by atoms with Gasteiger partial charge in [0.1, 0.15) is 17.1 Å². The Balaban J connectivity index is 1.86. The summed E-state index contributed by atoms with van der Waals surface area (Å²) in [5, 5.41) is 9.14. The van der Waals surface area contributed by atoms with Gasteiger partial charge >= 0.3 is 5.97 Å². The molecule has 0 atom stereocenters. The first-order valence-corrected chi connectivity index (χ1v) is 6.10. The van der Waals surface area contributed by atoms with Crippen LogP contribution < -0.4 is 0 Å². The Kier molecular flexibility index (Phi) is 2.27. The van der Waals surface area contributed by atoms with Crippen molar-refractivity contribution in [1.29, 1.82) is 0 Å². The number of aromatic carboxylic acids is 1. The predicted molar refractivity (Wildman–Crippen MR) is 58.7 cm³/mol. The van der Waals surface area contributed by atoms with E-state index in [2.05, 4.69) is 0 Å². The van der Waals surface area contributed by atoms with Crippen LogP contribution in [0.15, 0.2) is 10.5 Å². The van der Waals surface area contributed by atoms with Gasteiger partial charge in [0, 0.05) is 12.3 Å². The molecule has 2 fully saturated rings. The van der Waals surface area contributed by atoms with Crippen LogP contribution in [-0.2, 0) is 6.42 Å². The Morgan fingerprint density at radius 3 is 2.62 bits per heavy atom. The molecule has 0 aliphatic heterocycles. The molecule has 1 N–H and O–H groups in total. The molecular formula is C13H16O3. The number of carboxylic acids is 1. The van der Waals surface area contributed by atoms with Gasteiger partial charge in [-0.05, 0) is 37.7 Å². The van der Waals surface area contributed by atoms with E-state index in [9.17, 15) is 4.79 Å². The van der Waals surface area contributed by atoms with Gasteiger partial charge in [-0.1, -0.05) is 6.42 Å². The summed E-state index contributed by atoms with van der Waals surface area (Å²) in [6.45, 7) is 0. The van der Waals surface area contributed by atoms with Crippen LogP contribution in [0.25, 0.3) is 0 Å². The molecule has 16 heavy (non-hydrogen) atoms. The average molecular weight is 220 g/mol. The van der Waals surface area contributed by atoms with Gasteiger partial charge in [0.25, 0.3) is 0 Å². The van der Waals surface area contributed by atoms with Gasteiger partial charge < -0.3 is 9.52 Å². The molecule has 3 rings (SSSR count). The maximum absolute atomic E-state index is 11.1. The van der Waals surface area contributed by atoms with E-state index in [1.807, 2.05) is 0 Å². The fourth-order valence-corrected chi connectivity index (χ4v) is 2.31. The van der Waals surface area contributed by atoms with Gasteiger partial charge in [0.2, 0.25) is 0 Å². The first-order valence-electron chi connectivity index (χ1n) is 6.10. The van der Waals surface area contributed by atoms with Gasteiger partial charge in [-0.25, -0.2) is 4.79 Å². The highest BCUT2D eigenvalue weighted by Gasteiger charge is 2.30. The van der Waals surface area contributed by atoms with Gasteiger partial charge in [-0.2, -0.15) is 0 Å². The van der Waals surface area contributed by atoms with E-state index in [1.54, 1.807) is 6.07 Å². The Bertz CT molecular complexity index is 411. The number of carbonyl (C=O) groups is 1. The van der Waals surface area contributed by atoms with E-state index in [-0.39, 0.29) is 0 Å². The third-order valence-electron chi connectivity index (χ3n) is 3.70. The maximum Gasteiger partial charge on any atom is 0.339 e. The molecular weight excluding hydrogens is 204 g/mol. The number of hydrogen-bond acceptors (Lipinski definition) is 2. The summed E-state index contributed by atoms with van der Waals surface area (Å²) < 4.78 is 5.75. The summed E-state index contributed by atoms with van der Waals surface area (Å²) >= 11 is 0.